The van der Waals surface area contributed by atoms with Crippen LogP contribution in [0.15, 0.2) is 13.6 Å². The van der Waals surface area contributed by atoms with Crippen LogP contribution < -0.4 is 0 Å². The molecule has 0 N–H and O–H groups in total. The van der Waals surface area contributed by atoms with E-state index in [1.54, 1.807) is 11.3 Å². The van der Waals surface area contributed by atoms with Crippen molar-refractivity contribution in [2.75, 3.05) is 26.2 Å². The van der Waals surface area contributed by atoms with Crippen LogP contribution in [0.5, 0.6) is 0 Å². The summed E-state index contributed by atoms with van der Waals surface area (Å²) in [5.74, 6) is 0.142. The molecule has 106 valence electrons. The van der Waals surface area contributed by atoms with Gasteiger partial charge in [0.2, 0.25) is 0 Å². The highest BCUT2D eigenvalue weighted by atomic mass is 79.9. The smallest absolute Gasteiger partial charge is 0.255 e. The molecule has 2 rings (SSSR count). The van der Waals surface area contributed by atoms with Crippen molar-refractivity contribution in [3.05, 3.63) is 19.2 Å². The zero-order chi connectivity index (χ0) is 14.0. The molecule has 0 saturated carbocycles. The largest absolute Gasteiger partial charge is 0.337 e. The summed E-state index contributed by atoms with van der Waals surface area (Å²) in [4.78, 5) is 16.9. The van der Waals surface area contributed by atoms with Gasteiger partial charge in [-0.2, -0.15) is 0 Å². The van der Waals surface area contributed by atoms with E-state index in [0.29, 0.717) is 6.04 Å². The molecule has 1 unspecified atom stereocenters. The number of halogens is 2. The van der Waals surface area contributed by atoms with Crippen LogP contribution in [0.4, 0.5) is 0 Å². The first-order chi connectivity index (χ1) is 9.06. The molecular weight excluding hydrogens is 392 g/mol. The molecule has 1 aromatic rings. The summed E-state index contributed by atoms with van der Waals surface area (Å²) in [5.41, 5.74) is 0.775. The van der Waals surface area contributed by atoms with E-state index in [-0.39, 0.29) is 5.91 Å². The first-order valence-electron chi connectivity index (χ1n) is 6.55. The fourth-order valence-electron chi connectivity index (χ4n) is 2.62. The van der Waals surface area contributed by atoms with Gasteiger partial charge >= 0.3 is 0 Å². The Labute approximate surface area is 135 Å². The van der Waals surface area contributed by atoms with Crippen LogP contribution in [0.25, 0.3) is 0 Å². The molecule has 1 atom stereocenters. The highest BCUT2D eigenvalue weighted by Gasteiger charge is 2.30. The van der Waals surface area contributed by atoms with E-state index in [1.165, 1.54) is 0 Å². The Bertz CT molecular complexity index is 459. The molecule has 1 aromatic heterocycles. The third-order valence-electron chi connectivity index (χ3n) is 3.67. The summed E-state index contributed by atoms with van der Waals surface area (Å²) < 4.78 is 1.90. The second-order valence-corrected chi connectivity index (χ2v) is 8.40. The van der Waals surface area contributed by atoms with E-state index in [4.69, 9.17) is 0 Å². The van der Waals surface area contributed by atoms with Gasteiger partial charge in [-0.1, -0.05) is 13.8 Å². The highest BCUT2D eigenvalue weighted by Crippen LogP contribution is 2.33. The SMILES string of the molecule is CCN(CC)C1CCN(C(=O)c2cc(Br)sc2Br)C1. The zero-order valence-corrected chi connectivity index (χ0v) is 15.1. The molecule has 0 spiro atoms. The summed E-state index contributed by atoms with van der Waals surface area (Å²) in [7, 11) is 0. The van der Waals surface area contributed by atoms with Gasteiger partial charge in [0.15, 0.2) is 0 Å². The molecule has 0 radical (unpaired) electrons. The van der Waals surface area contributed by atoms with Crippen molar-refractivity contribution in [1.82, 2.24) is 9.80 Å². The van der Waals surface area contributed by atoms with E-state index in [9.17, 15) is 4.79 Å². The Morgan fingerprint density at radius 3 is 2.68 bits per heavy atom. The Morgan fingerprint density at radius 2 is 2.16 bits per heavy atom. The maximum atomic E-state index is 12.5. The number of likely N-dealkylation sites (N-methyl/N-ethyl adjacent to an activating group) is 1. The molecule has 0 bridgehead atoms. The Balaban J connectivity index is 2.04. The van der Waals surface area contributed by atoms with Crippen molar-refractivity contribution in [2.24, 2.45) is 0 Å². The second-order valence-electron chi connectivity index (χ2n) is 4.65. The number of amides is 1. The third kappa shape index (κ3) is 3.40. The van der Waals surface area contributed by atoms with E-state index in [0.717, 1.165) is 45.7 Å². The molecule has 6 heteroatoms. The van der Waals surface area contributed by atoms with Crippen LogP contribution in [0.1, 0.15) is 30.6 Å². The summed E-state index contributed by atoms with van der Waals surface area (Å²) in [6.45, 7) is 8.18. The fraction of sp³-hybridized carbons (Fsp3) is 0.615. The van der Waals surface area contributed by atoms with Gasteiger partial charge in [0.05, 0.1) is 13.1 Å². The predicted octanol–water partition coefficient (Wildman–Crippen LogP) is 3.83. The Hall–Kier alpha value is 0.0900. The lowest BCUT2D eigenvalue weighted by Gasteiger charge is -2.26. The maximum Gasteiger partial charge on any atom is 0.255 e. The van der Waals surface area contributed by atoms with Gasteiger partial charge in [0, 0.05) is 19.1 Å². The lowest BCUT2D eigenvalue weighted by molar-refractivity contribution is 0.0777. The fourth-order valence-corrected chi connectivity index (χ4v) is 5.40. The monoisotopic (exact) mass is 408 g/mol. The van der Waals surface area contributed by atoms with Crippen molar-refractivity contribution < 1.29 is 4.79 Å². The number of carbonyl (C=O) groups excluding carboxylic acids is 1. The summed E-state index contributed by atoms with van der Waals surface area (Å²) in [6.07, 6.45) is 1.08. The lowest BCUT2D eigenvalue weighted by atomic mass is 10.2. The van der Waals surface area contributed by atoms with Crippen LogP contribution in [0.2, 0.25) is 0 Å². The molecule has 3 nitrogen and oxygen atoms in total. The average Bonchev–Trinajstić information content (AvgIpc) is 2.97. The number of rotatable bonds is 4. The Kier molecular flexibility index (Phi) is 5.45. The standard InChI is InChI=1S/C13H18Br2N2OS/c1-3-16(4-2)9-5-6-17(8-9)13(18)10-7-11(14)19-12(10)15/h7,9H,3-6,8H2,1-2H3. The van der Waals surface area contributed by atoms with Crippen molar-refractivity contribution >= 4 is 49.1 Å². The number of carbonyl (C=O) groups is 1. The van der Waals surface area contributed by atoms with Crippen LogP contribution in [0, 0.1) is 0 Å². The minimum absolute atomic E-state index is 0.142. The van der Waals surface area contributed by atoms with Gasteiger partial charge in [-0.3, -0.25) is 9.69 Å². The molecule has 1 saturated heterocycles. The maximum absolute atomic E-state index is 12.5. The van der Waals surface area contributed by atoms with Crippen molar-refractivity contribution in [2.45, 2.75) is 26.3 Å². The van der Waals surface area contributed by atoms with Crippen LogP contribution in [-0.2, 0) is 0 Å². The van der Waals surface area contributed by atoms with Gasteiger partial charge in [-0.05, 0) is 57.4 Å². The van der Waals surface area contributed by atoms with E-state index >= 15 is 0 Å². The third-order valence-corrected chi connectivity index (χ3v) is 6.01. The molecule has 0 aliphatic carbocycles. The quantitative estimate of drug-likeness (QED) is 0.754. The molecule has 1 fully saturated rings. The van der Waals surface area contributed by atoms with Crippen LogP contribution >= 0.6 is 43.2 Å². The van der Waals surface area contributed by atoms with Gasteiger partial charge in [0.1, 0.15) is 0 Å². The molecule has 19 heavy (non-hydrogen) atoms. The normalized spacial score (nSPS) is 19.4. The molecule has 2 heterocycles. The molecule has 1 aliphatic rings. The van der Waals surface area contributed by atoms with Crippen molar-refractivity contribution in [3.8, 4) is 0 Å². The highest BCUT2D eigenvalue weighted by molar-refractivity contribution is 9.12. The van der Waals surface area contributed by atoms with E-state index < -0.39 is 0 Å². The van der Waals surface area contributed by atoms with Gasteiger partial charge in [0.25, 0.3) is 5.91 Å². The average molecular weight is 410 g/mol. The molecule has 1 aliphatic heterocycles. The zero-order valence-electron chi connectivity index (χ0n) is 11.2. The van der Waals surface area contributed by atoms with Gasteiger partial charge in [-0.15, -0.1) is 11.3 Å². The van der Waals surface area contributed by atoms with E-state index in [1.807, 2.05) is 11.0 Å². The predicted molar refractivity (Wildman–Crippen MR) is 86.9 cm³/mol. The number of nitrogens with zero attached hydrogens (tertiary/aromatic N) is 2. The van der Waals surface area contributed by atoms with Gasteiger partial charge in [-0.25, -0.2) is 0 Å². The lowest BCUT2D eigenvalue weighted by Crippen LogP contribution is -2.38. The van der Waals surface area contributed by atoms with Crippen molar-refractivity contribution in [1.29, 1.82) is 0 Å². The van der Waals surface area contributed by atoms with Crippen LogP contribution in [0.3, 0.4) is 0 Å². The topological polar surface area (TPSA) is 23.6 Å². The van der Waals surface area contributed by atoms with E-state index in [2.05, 4.69) is 50.6 Å². The molecular formula is C13H18Br2N2OS. The number of thiophene rings is 1. The number of hydrogen-bond acceptors (Lipinski definition) is 3. The minimum Gasteiger partial charge on any atom is -0.337 e. The first kappa shape index (κ1) is 15.5. The second kappa shape index (κ2) is 6.70. The van der Waals surface area contributed by atoms with Crippen LogP contribution in [-0.4, -0.2) is 47.9 Å². The number of likely N-dealkylation sites (tertiary alicyclic amines) is 1. The summed E-state index contributed by atoms with van der Waals surface area (Å²) >= 11 is 8.44. The summed E-state index contributed by atoms with van der Waals surface area (Å²) in [5, 5.41) is 0. The minimum atomic E-state index is 0.142. The first-order valence-corrected chi connectivity index (χ1v) is 8.95. The molecule has 0 aromatic carbocycles. The Morgan fingerprint density at radius 1 is 1.47 bits per heavy atom. The van der Waals surface area contributed by atoms with Crippen molar-refractivity contribution in [3.63, 3.8) is 0 Å². The van der Waals surface area contributed by atoms with Gasteiger partial charge < -0.3 is 4.90 Å². The molecule has 1 amide bonds. The number of hydrogen-bond donors (Lipinski definition) is 0. The summed E-state index contributed by atoms with van der Waals surface area (Å²) in [6, 6.07) is 2.42.